The van der Waals surface area contributed by atoms with Crippen LogP contribution in [-0.4, -0.2) is 60.1 Å². The van der Waals surface area contributed by atoms with Crippen molar-refractivity contribution < 1.29 is 13.5 Å². The number of nitrogens with one attached hydrogen (secondary N) is 1. The number of rotatable bonds is 5. The van der Waals surface area contributed by atoms with Gasteiger partial charge in [0.25, 0.3) is 5.92 Å². The van der Waals surface area contributed by atoms with E-state index in [0.29, 0.717) is 6.54 Å². The van der Waals surface area contributed by atoms with Gasteiger partial charge in [-0.2, -0.15) is 0 Å². The van der Waals surface area contributed by atoms with E-state index in [1.165, 1.54) is 0 Å². The van der Waals surface area contributed by atoms with Gasteiger partial charge in [0.05, 0.1) is 23.7 Å². The molecule has 5 nitrogen and oxygen atoms in total. The minimum Gasteiger partial charge on any atom is -0.365 e. The van der Waals surface area contributed by atoms with Crippen LogP contribution in [0.1, 0.15) is 36.8 Å². The van der Waals surface area contributed by atoms with Crippen LogP contribution >= 0.6 is 0 Å². The summed E-state index contributed by atoms with van der Waals surface area (Å²) in [6.45, 7) is 2.13. The highest BCUT2D eigenvalue weighted by atomic mass is 19.3. The van der Waals surface area contributed by atoms with Crippen molar-refractivity contribution in [2.75, 3.05) is 38.1 Å². The van der Waals surface area contributed by atoms with E-state index >= 15 is 0 Å². The summed E-state index contributed by atoms with van der Waals surface area (Å²) in [5, 5.41) is 0. The summed E-state index contributed by atoms with van der Waals surface area (Å²) in [6.07, 6.45) is 1.59. The van der Waals surface area contributed by atoms with E-state index < -0.39 is 5.92 Å². The van der Waals surface area contributed by atoms with Gasteiger partial charge in [0.15, 0.2) is 0 Å². The molecule has 3 aromatic rings. The number of piperidine rings is 1. The van der Waals surface area contributed by atoms with Gasteiger partial charge in [-0.05, 0) is 49.7 Å². The fraction of sp³-hybridized carbons (Fsp3) is 0.458. The van der Waals surface area contributed by atoms with Crippen molar-refractivity contribution in [3.05, 3.63) is 59.9 Å². The van der Waals surface area contributed by atoms with Crippen molar-refractivity contribution >= 4 is 16.7 Å². The zero-order valence-corrected chi connectivity index (χ0v) is 17.7. The minimum absolute atomic E-state index is 0.101. The average Bonchev–Trinajstić information content (AvgIpc) is 3.36. The lowest BCUT2D eigenvalue weighted by atomic mass is 10.0. The second-order valence-corrected chi connectivity index (χ2v) is 8.78. The Bertz CT molecular complexity index is 1010. The van der Waals surface area contributed by atoms with E-state index in [1.807, 2.05) is 48.5 Å². The maximum atomic E-state index is 13.8. The first kappa shape index (κ1) is 20.4. The van der Waals surface area contributed by atoms with Crippen molar-refractivity contribution in [2.45, 2.75) is 37.4 Å². The molecule has 2 fully saturated rings. The highest BCUT2D eigenvalue weighted by molar-refractivity contribution is 5.75. The van der Waals surface area contributed by atoms with Crippen molar-refractivity contribution in [3.63, 3.8) is 0 Å². The van der Waals surface area contributed by atoms with Crippen LogP contribution in [0.4, 0.5) is 14.5 Å². The predicted octanol–water partition coefficient (Wildman–Crippen LogP) is 4.61. The number of H-pyrrole nitrogens is 1. The molecule has 1 aromatic heterocycles. The van der Waals surface area contributed by atoms with Crippen molar-refractivity contribution in [2.24, 2.45) is 0 Å². The third-order valence-corrected chi connectivity index (χ3v) is 6.36. The molecule has 1 unspecified atom stereocenters. The summed E-state index contributed by atoms with van der Waals surface area (Å²) >= 11 is 0. The van der Waals surface area contributed by atoms with Crippen molar-refractivity contribution in [1.82, 2.24) is 14.9 Å². The molecule has 0 saturated carbocycles. The highest BCUT2D eigenvalue weighted by Gasteiger charge is 2.38. The van der Waals surface area contributed by atoms with Gasteiger partial charge in [0, 0.05) is 31.7 Å². The molecular weight excluding hydrogens is 398 g/mol. The first-order valence-corrected chi connectivity index (χ1v) is 11.0. The Hall–Kier alpha value is -2.51. The van der Waals surface area contributed by atoms with Gasteiger partial charge < -0.3 is 19.5 Å². The number of aromatic amines is 1. The van der Waals surface area contributed by atoms with E-state index in [-0.39, 0.29) is 25.2 Å². The molecule has 0 spiro atoms. The molecule has 1 atom stereocenters. The minimum atomic E-state index is -2.63. The lowest BCUT2D eigenvalue weighted by Crippen LogP contribution is -2.35. The van der Waals surface area contributed by atoms with Crippen LogP contribution in [0.15, 0.2) is 48.5 Å². The average molecular weight is 427 g/mol. The van der Waals surface area contributed by atoms with Crippen LogP contribution in [0.2, 0.25) is 0 Å². The molecule has 0 bridgehead atoms. The maximum absolute atomic E-state index is 13.8. The van der Waals surface area contributed by atoms with E-state index in [1.54, 1.807) is 4.90 Å². The van der Waals surface area contributed by atoms with Gasteiger partial charge in [-0.15, -0.1) is 0 Å². The zero-order valence-electron chi connectivity index (χ0n) is 17.7. The van der Waals surface area contributed by atoms with Gasteiger partial charge >= 0.3 is 0 Å². The topological polar surface area (TPSA) is 44.4 Å². The molecule has 7 heteroatoms. The normalized spacial score (nSPS) is 21.1. The molecule has 0 aliphatic carbocycles. The number of halogens is 2. The van der Waals surface area contributed by atoms with Gasteiger partial charge in [-0.1, -0.05) is 24.3 Å². The molecule has 2 aromatic carbocycles. The highest BCUT2D eigenvalue weighted by Crippen LogP contribution is 2.35. The molecule has 0 amide bonds. The third kappa shape index (κ3) is 4.43. The maximum Gasteiger partial charge on any atom is 0.266 e. The first-order chi connectivity index (χ1) is 15.0. The van der Waals surface area contributed by atoms with Crippen molar-refractivity contribution in [3.8, 4) is 0 Å². The predicted molar refractivity (Wildman–Crippen MR) is 118 cm³/mol. The monoisotopic (exact) mass is 426 g/mol. The number of benzene rings is 2. The van der Waals surface area contributed by atoms with Crippen molar-refractivity contribution in [1.29, 1.82) is 0 Å². The van der Waals surface area contributed by atoms with Crippen LogP contribution in [0.25, 0.3) is 11.0 Å². The van der Waals surface area contributed by atoms with Crippen LogP contribution in [0, 0.1) is 0 Å². The summed E-state index contributed by atoms with van der Waals surface area (Å²) in [5.41, 5.74) is 3.60. The van der Waals surface area contributed by atoms with E-state index in [0.717, 1.165) is 54.0 Å². The molecule has 5 rings (SSSR count). The summed E-state index contributed by atoms with van der Waals surface area (Å²) in [5.74, 6) is -1.87. The number of aromatic nitrogens is 2. The third-order valence-electron chi connectivity index (χ3n) is 6.36. The molecule has 3 heterocycles. The first-order valence-electron chi connectivity index (χ1n) is 11.0. The van der Waals surface area contributed by atoms with Gasteiger partial charge in [0.2, 0.25) is 0 Å². The smallest absolute Gasteiger partial charge is 0.266 e. The van der Waals surface area contributed by atoms with E-state index in [9.17, 15) is 8.78 Å². The Balaban J connectivity index is 1.47. The number of imidazole rings is 1. The van der Waals surface area contributed by atoms with E-state index in [4.69, 9.17) is 9.72 Å². The lowest BCUT2D eigenvalue weighted by molar-refractivity contribution is -0.0264. The molecule has 2 saturated heterocycles. The molecule has 2 aliphatic heterocycles. The van der Waals surface area contributed by atoms with Crippen LogP contribution in [0.5, 0.6) is 0 Å². The fourth-order valence-corrected chi connectivity index (χ4v) is 4.55. The van der Waals surface area contributed by atoms with Gasteiger partial charge in [-0.25, -0.2) is 13.8 Å². The Morgan fingerprint density at radius 2 is 1.90 bits per heavy atom. The number of hydrogen-bond donors (Lipinski definition) is 1. The number of nitrogens with zero attached hydrogens (tertiary/aromatic N) is 3. The molecule has 1 N–H and O–H groups in total. The number of likely N-dealkylation sites (tertiary alicyclic amines) is 1. The number of anilines is 1. The SMILES string of the molecule is CN1CCC(OC(c2cccc(N3CCC(F)(F)C3)c2)c2nc3ccccc3[nH]2)CC1. The second kappa shape index (κ2) is 8.20. The number of fused-ring (bicyclic) bond motifs is 1. The molecular formula is C24H28F2N4O. The second-order valence-electron chi connectivity index (χ2n) is 8.78. The summed E-state index contributed by atoms with van der Waals surface area (Å²) < 4.78 is 34.2. The summed E-state index contributed by atoms with van der Waals surface area (Å²) in [7, 11) is 2.13. The molecule has 31 heavy (non-hydrogen) atoms. The molecule has 2 aliphatic rings. The number of ether oxygens (including phenoxy) is 1. The van der Waals surface area contributed by atoms with Crippen LogP contribution < -0.4 is 4.90 Å². The number of hydrogen-bond acceptors (Lipinski definition) is 4. The van der Waals surface area contributed by atoms with Crippen LogP contribution in [-0.2, 0) is 4.74 Å². The lowest BCUT2D eigenvalue weighted by Gasteiger charge is -2.31. The Morgan fingerprint density at radius 1 is 1.10 bits per heavy atom. The number of para-hydroxylation sites is 2. The Kier molecular flexibility index (Phi) is 5.40. The standard InChI is InChI=1S/C24H28F2N4O/c1-29-12-9-19(10-13-29)31-22(23-27-20-7-2-3-8-21(20)28-23)17-5-4-6-18(15-17)30-14-11-24(25,26)16-30/h2-8,15,19,22H,9-14,16H2,1H3,(H,27,28). The number of alkyl halides is 2. The van der Waals surface area contributed by atoms with Crippen LogP contribution in [0.3, 0.4) is 0 Å². The van der Waals surface area contributed by atoms with Gasteiger partial charge in [0.1, 0.15) is 11.9 Å². The van der Waals surface area contributed by atoms with Gasteiger partial charge in [-0.3, -0.25) is 0 Å². The summed E-state index contributed by atoms with van der Waals surface area (Å²) in [6, 6.07) is 15.7. The largest absolute Gasteiger partial charge is 0.365 e. The fourth-order valence-electron chi connectivity index (χ4n) is 4.55. The Labute approximate surface area is 181 Å². The molecule has 0 radical (unpaired) electrons. The van der Waals surface area contributed by atoms with E-state index in [2.05, 4.69) is 16.9 Å². The Morgan fingerprint density at radius 3 is 2.65 bits per heavy atom. The molecule has 164 valence electrons. The quantitative estimate of drug-likeness (QED) is 0.647. The summed E-state index contributed by atoms with van der Waals surface area (Å²) in [4.78, 5) is 12.3. The zero-order chi connectivity index (χ0) is 21.4.